The van der Waals surface area contributed by atoms with Gasteiger partial charge in [-0.1, -0.05) is 6.92 Å². The number of hydrogen-bond acceptors (Lipinski definition) is 3. The second-order valence-corrected chi connectivity index (χ2v) is 5.48. The molecule has 1 aliphatic heterocycles. The Hall–Kier alpha value is -2.11. The Balaban J connectivity index is 1.64. The summed E-state index contributed by atoms with van der Waals surface area (Å²) in [7, 11) is 0. The van der Waals surface area contributed by atoms with Crippen LogP contribution < -0.4 is 0 Å². The van der Waals surface area contributed by atoms with Gasteiger partial charge in [0.15, 0.2) is 0 Å². The van der Waals surface area contributed by atoms with Crippen LogP contribution in [-0.4, -0.2) is 43.4 Å². The summed E-state index contributed by atoms with van der Waals surface area (Å²) >= 11 is 0. The van der Waals surface area contributed by atoms with Crippen LogP contribution >= 0.6 is 0 Å². The minimum atomic E-state index is 0.166. The summed E-state index contributed by atoms with van der Waals surface area (Å²) in [6.07, 6.45) is 10.2. The van der Waals surface area contributed by atoms with E-state index in [0.717, 1.165) is 44.0 Å². The fourth-order valence-corrected chi connectivity index (χ4v) is 2.97. The molecule has 0 saturated carbocycles. The Labute approximate surface area is 124 Å². The van der Waals surface area contributed by atoms with E-state index in [4.69, 9.17) is 0 Å². The SMILES string of the molecule is CCc1nccn1CC(=O)N1CCC[C@H](c2ncc[nH]2)C1. The maximum absolute atomic E-state index is 12.5. The third kappa shape index (κ3) is 2.99. The number of likely N-dealkylation sites (tertiary alicyclic amines) is 1. The van der Waals surface area contributed by atoms with Gasteiger partial charge in [0, 0.05) is 50.2 Å². The molecule has 0 aromatic carbocycles. The summed E-state index contributed by atoms with van der Waals surface area (Å²) in [4.78, 5) is 26.2. The number of nitrogens with zero attached hydrogens (tertiary/aromatic N) is 4. The summed E-state index contributed by atoms with van der Waals surface area (Å²) in [5.41, 5.74) is 0. The molecule has 6 heteroatoms. The summed E-state index contributed by atoms with van der Waals surface area (Å²) in [6.45, 7) is 4.03. The smallest absolute Gasteiger partial charge is 0.242 e. The number of rotatable bonds is 4. The molecule has 2 aromatic rings. The molecule has 3 rings (SSSR count). The number of aromatic amines is 1. The van der Waals surface area contributed by atoms with Crippen molar-refractivity contribution >= 4 is 5.91 Å². The average Bonchev–Trinajstić information content (AvgIpc) is 3.18. The van der Waals surface area contributed by atoms with E-state index in [1.165, 1.54) is 0 Å². The number of piperidine rings is 1. The Bertz CT molecular complexity index is 589. The summed E-state index contributed by atoms with van der Waals surface area (Å²) in [6, 6.07) is 0. The van der Waals surface area contributed by atoms with Gasteiger partial charge in [-0.15, -0.1) is 0 Å². The second kappa shape index (κ2) is 6.11. The third-order valence-corrected chi connectivity index (χ3v) is 4.10. The van der Waals surface area contributed by atoms with E-state index in [9.17, 15) is 4.79 Å². The van der Waals surface area contributed by atoms with Gasteiger partial charge >= 0.3 is 0 Å². The maximum Gasteiger partial charge on any atom is 0.242 e. The van der Waals surface area contributed by atoms with Crippen molar-refractivity contribution in [2.45, 2.75) is 38.6 Å². The summed E-state index contributed by atoms with van der Waals surface area (Å²) in [5, 5.41) is 0. The van der Waals surface area contributed by atoms with Crippen LogP contribution in [0.1, 0.15) is 37.3 Å². The van der Waals surface area contributed by atoms with Crippen molar-refractivity contribution in [1.82, 2.24) is 24.4 Å². The molecular weight excluding hydrogens is 266 g/mol. The molecule has 0 radical (unpaired) electrons. The van der Waals surface area contributed by atoms with Gasteiger partial charge in [-0.2, -0.15) is 0 Å². The zero-order chi connectivity index (χ0) is 14.7. The Morgan fingerprint density at radius 1 is 1.43 bits per heavy atom. The van der Waals surface area contributed by atoms with Crippen LogP contribution in [0.4, 0.5) is 0 Å². The van der Waals surface area contributed by atoms with Gasteiger partial charge in [0.05, 0.1) is 0 Å². The molecule has 0 bridgehead atoms. The van der Waals surface area contributed by atoms with Gasteiger partial charge in [0.25, 0.3) is 0 Å². The minimum Gasteiger partial charge on any atom is -0.348 e. The highest BCUT2D eigenvalue weighted by atomic mass is 16.2. The molecule has 1 atom stereocenters. The zero-order valence-electron chi connectivity index (χ0n) is 12.3. The van der Waals surface area contributed by atoms with E-state index in [-0.39, 0.29) is 5.91 Å². The Morgan fingerprint density at radius 2 is 2.33 bits per heavy atom. The van der Waals surface area contributed by atoms with Crippen LogP contribution in [0.15, 0.2) is 24.8 Å². The van der Waals surface area contributed by atoms with E-state index >= 15 is 0 Å². The van der Waals surface area contributed by atoms with Gasteiger partial charge in [0.1, 0.15) is 18.2 Å². The van der Waals surface area contributed by atoms with Gasteiger partial charge < -0.3 is 14.5 Å². The fourth-order valence-electron chi connectivity index (χ4n) is 2.97. The van der Waals surface area contributed by atoms with Crippen LogP contribution in [0, 0.1) is 0 Å². The molecule has 0 aliphatic carbocycles. The molecule has 1 saturated heterocycles. The number of carbonyl (C=O) groups excluding carboxylic acids is 1. The van der Waals surface area contributed by atoms with Crippen molar-refractivity contribution in [2.75, 3.05) is 13.1 Å². The lowest BCUT2D eigenvalue weighted by Gasteiger charge is -2.32. The van der Waals surface area contributed by atoms with Gasteiger partial charge in [0.2, 0.25) is 5.91 Å². The predicted octanol–water partition coefficient (Wildman–Crippen LogP) is 1.57. The topological polar surface area (TPSA) is 66.8 Å². The molecule has 3 heterocycles. The first kappa shape index (κ1) is 13.9. The monoisotopic (exact) mass is 287 g/mol. The second-order valence-electron chi connectivity index (χ2n) is 5.48. The van der Waals surface area contributed by atoms with Crippen LogP contribution in [0.2, 0.25) is 0 Å². The number of hydrogen-bond donors (Lipinski definition) is 1. The van der Waals surface area contributed by atoms with Gasteiger partial charge in [-0.05, 0) is 12.8 Å². The zero-order valence-corrected chi connectivity index (χ0v) is 12.3. The molecule has 1 aliphatic rings. The van der Waals surface area contributed by atoms with Crippen molar-refractivity contribution in [2.24, 2.45) is 0 Å². The lowest BCUT2D eigenvalue weighted by Crippen LogP contribution is -2.41. The van der Waals surface area contributed by atoms with Crippen molar-refractivity contribution in [1.29, 1.82) is 0 Å². The number of imidazole rings is 2. The van der Waals surface area contributed by atoms with Crippen LogP contribution in [-0.2, 0) is 17.8 Å². The highest BCUT2D eigenvalue weighted by Gasteiger charge is 2.26. The molecule has 112 valence electrons. The van der Waals surface area contributed by atoms with E-state index in [1.54, 1.807) is 12.4 Å². The molecule has 1 N–H and O–H groups in total. The number of carbonyl (C=O) groups is 1. The summed E-state index contributed by atoms with van der Waals surface area (Å²) < 4.78 is 1.94. The number of amides is 1. The van der Waals surface area contributed by atoms with Crippen molar-refractivity contribution in [3.8, 4) is 0 Å². The fraction of sp³-hybridized carbons (Fsp3) is 0.533. The average molecular weight is 287 g/mol. The molecule has 0 spiro atoms. The largest absolute Gasteiger partial charge is 0.348 e. The molecule has 0 unspecified atom stereocenters. The highest BCUT2D eigenvalue weighted by molar-refractivity contribution is 5.76. The Kier molecular flexibility index (Phi) is 4.03. The Morgan fingerprint density at radius 3 is 3.10 bits per heavy atom. The van der Waals surface area contributed by atoms with E-state index in [1.807, 2.05) is 21.9 Å². The van der Waals surface area contributed by atoms with Gasteiger partial charge in [-0.25, -0.2) is 9.97 Å². The number of H-pyrrole nitrogens is 1. The molecule has 1 amide bonds. The molecule has 1 fully saturated rings. The first-order chi connectivity index (χ1) is 10.3. The first-order valence-electron chi connectivity index (χ1n) is 7.55. The number of aromatic nitrogens is 4. The van der Waals surface area contributed by atoms with Crippen LogP contribution in [0.5, 0.6) is 0 Å². The highest BCUT2D eigenvalue weighted by Crippen LogP contribution is 2.24. The molecular formula is C15H21N5O. The lowest BCUT2D eigenvalue weighted by atomic mass is 9.97. The first-order valence-corrected chi connectivity index (χ1v) is 7.55. The quantitative estimate of drug-likeness (QED) is 0.928. The van der Waals surface area contributed by atoms with Crippen LogP contribution in [0.3, 0.4) is 0 Å². The lowest BCUT2D eigenvalue weighted by molar-refractivity contribution is -0.133. The maximum atomic E-state index is 12.5. The van der Waals surface area contributed by atoms with Gasteiger partial charge in [-0.3, -0.25) is 4.79 Å². The van der Waals surface area contributed by atoms with E-state index < -0.39 is 0 Å². The third-order valence-electron chi connectivity index (χ3n) is 4.10. The van der Waals surface area contributed by atoms with Crippen molar-refractivity contribution in [3.63, 3.8) is 0 Å². The standard InChI is InChI=1S/C15H21N5O/c1-2-13-16-7-9-19(13)11-14(21)20-8-3-4-12(10-20)15-17-5-6-18-15/h5-7,9,12H,2-4,8,10-11H2,1H3,(H,17,18)/t12-/m0/s1. The van der Waals surface area contributed by atoms with E-state index in [0.29, 0.717) is 12.5 Å². The van der Waals surface area contributed by atoms with Crippen molar-refractivity contribution < 1.29 is 4.79 Å². The minimum absolute atomic E-state index is 0.166. The molecule has 21 heavy (non-hydrogen) atoms. The normalized spacial score (nSPS) is 18.9. The summed E-state index contributed by atoms with van der Waals surface area (Å²) in [5.74, 6) is 2.44. The molecule has 6 nitrogen and oxygen atoms in total. The van der Waals surface area contributed by atoms with E-state index in [2.05, 4.69) is 21.9 Å². The molecule has 2 aromatic heterocycles. The van der Waals surface area contributed by atoms with Crippen LogP contribution in [0.25, 0.3) is 0 Å². The predicted molar refractivity (Wildman–Crippen MR) is 78.7 cm³/mol. The number of aryl methyl sites for hydroxylation is 1. The number of nitrogens with one attached hydrogen (secondary N) is 1. The van der Waals surface area contributed by atoms with Crippen molar-refractivity contribution in [3.05, 3.63) is 36.4 Å².